The molecule has 5 rings (SSSR count). The average Bonchev–Trinajstić information content (AvgIpc) is 3.43. The Bertz CT molecular complexity index is 1090. The molecular weight excluding hydrogens is 349 g/mol. The molecule has 5 nitrogen and oxygen atoms in total. The summed E-state index contributed by atoms with van der Waals surface area (Å²) in [6, 6.07) is 14.6. The SMILES string of the molecule is Fc1ccc2ncnc(Sc3nnc(C4CC4)n3-c3ccccc3)c2c1. The number of nitrogens with zero attached hydrogens (tertiary/aromatic N) is 5. The maximum absolute atomic E-state index is 13.7. The van der Waals surface area contributed by atoms with E-state index >= 15 is 0 Å². The second-order valence-electron chi connectivity index (χ2n) is 6.23. The van der Waals surface area contributed by atoms with E-state index in [0.717, 1.165) is 29.5 Å². The highest BCUT2D eigenvalue weighted by molar-refractivity contribution is 7.99. The molecule has 0 radical (unpaired) electrons. The second kappa shape index (κ2) is 6.17. The highest BCUT2D eigenvalue weighted by Crippen LogP contribution is 2.42. The molecule has 0 N–H and O–H groups in total. The Balaban J connectivity index is 1.63. The number of benzene rings is 2. The molecule has 0 unspecified atom stereocenters. The van der Waals surface area contributed by atoms with Gasteiger partial charge in [-0.15, -0.1) is 10.2 Å². The molecule has 0 amide bonds. The fraction of sp³-hybridized carbons (Fsp3) is 0.158. The predicted octanol–water partition coefficient (Wildman–Crippen LogP) is 4.38. The topological polar surface area (TPSA) is 56.5 Å². The zero-order chi connectivity index (χ0) is 17.5. The van der Waals surface area contributed by atoms with Gasteiger partial charge >= 0.3 is 0 Å². The summed E-state index contributed by atoms with van der Waals surface area (Å²) in [7, 11) is 0. The van der Waals surface area contributed by atoms with Crippen LogP contribution in [-0.2, 0) is 0 Å². The maximum atomic E-state index is 13.7. The number of hydrogen-bond donors (Lipinski definition) is 0. The first-order valence-corrected chi connectivity index (χ1v) is 9.20. The Morgan fingerprint density at radius 2 is 1.85 bits per heavy atom. The zero-order valence-corrected chi connectivity index (χ0v) is 14.5. The van der Waals surface area contributed by atoms with E-state index < -0.39 is 0 Å². The third-order valence-electron chi connectivity index (χ3n) is 4.36. The monoisotopic (exact) mass is 363 g/mol. The van der Waals surface area contributed by atoms with Crippen molar-refractivity contribution in [3.63, 3.8) is 0 Å². The molecule has 128 valence electrons. The van der Waals surface area contributed by atoms with E-state index in [1.165, 1.54) is 30.2 Å². The zero-order valence-electron chi connectivity index (χ0n) is 13.7. The fourth-order valence-electron chi connectivity index (χ4n) is 2.95. The Morgan fingerprint density at radius 1 is 1.00 bits per heavy atom. The molecule has 1 aliphatic carbocycles. The van der Waals surface area contributed by atoms with Gasteiger partial charge in [0.25, 0.3) is 0 Å². The van der Waals surface area contributed by atoms with Crippen molar-refractivity contribution in [2.75, 3.05) is 0 Å². The summed E-state index contributed by atoms with van der Waals surface area (Å²) in [6.45, 7) is 0. The lowest BCUT2D eigenvalue weighted by atomic mass is 10.2. The van der Waals surface area contributed by atoms with Crippen molar-refractivity contribution in [3.05, 3.63) is 66.5 Å². The number of aromatic nitrogens is 5. The van der Waals surface area contributed by atoms with Crippen LogP contribution in [0.25, 0.3) is 16.6 Å². The van der Waals surface area contributed by atoms with Gasteiger partial charge in [-0.3, -0.25) is 4.57 Å². The Hall–Kier alpha value is -2.80. The Kier molecular flexibility index (Phi) is 3.67. The van der Waals surface area contributed by atoms with Crippen molar-refractivity contribution in [1.29, 1.82) is 0 Å². The van der Waals surface area contributed by atoms with E-state index in [2.05, 4.69) is 24.7 Å². The van der Waals surface area contributed by atoms with Gasteiger partial charge in [0.1, 0.15) is 23.0 Å². The molecule has 2 heterocycles. The first-order valence-electron chi connectivity index (χ1n) is 8.38. The molecule has 2 aromatic heterocycles. The summed E-state index contributed by atoms with van der Waals surface area (Å²) in [5.74, 6) is 1.12. The van der Waals surface area contributed by atoms with Gasteiger partial charge in [0.05, 0.1) is 5.52 Å². The standard InChI is InChI=1S/C19H14FN5S/c20-13-8-9-16-15(10-13)18(22-11-21-16)26-19-24-23-17(12-6-7-12)25(19)14-4-2-1-3-5-14/h1-5,8-12H,6-7H2. The van der Waals surface area contributed by atoms with E-state index in [0.29, 0.717) is 21.8 Å². The summed E-state index contributed by atoms with van der Waals surface area (Å²) >= 11 is 1.38. The van der Waals surface area contributed by atoms with E-state index in [1.54, 1.807) is 6.07 Å². The van der Waals surface area contributed by atoms with Crippen molar-refractivity contribution in [1.82, 2.24) is 24.7 Å². The van der Waals surface area contributed by atoms with E-state index in [9.17, 15) is 4.39 Å². The van der Waals surface area contributed by atoms with Gasteiger partial charge in [-0.1, -0.05) is 18.2 Å². The number of rotatable bonds is 4. The van der Waals surface area contributed by atoms with Crippen LogP contribution in [0, 0.1) is 5.82 Å². The van der Waals surface area contributed by atoms with Crippen molar-refractivity contribution >= 4 is 22.7 Å². The third-order valence-corrected chi connectivity index (χ3v) is 5.33. The summed E-state index contributed by atoms with van der Waals surface area (Å²) in [6.07, 6.45) is 3.77. The average molecular weight is 363 g/mol. The molecule has 2 aromatic carbocycles. The van der Waals surface area contributed by atoms with E-state index in [-0.39, 0.29) is 5.82 Å². The van der Waals surface area contributed by atoms with Gasteiger partial charge < -0.3 is 0 Å². The number of halogens is 1. The largest absolute Gasteiger partial charge is 0.273 e. The van der Waals surface area contributed by atoms with E-state index in [4.69, 9.17) is 0 Å². The minimum absolute atomic E-state index is 0.308. The summed E-state index contributed by atoms with van der Waals surface area (Å²) in [5, 5.41) is 10.9. The van der Waals surface area contributed by atoms with Gasteiger partial charge in [-0.25, -0.2) is 14.4 Å². The molecule has 7 heteroatoms. The van der Waals surface area contributed by atoms with Gasteiger partial charge in [0.2, 0.25) is 5.16 Å². The molecule has 0 aliphatic heterocycles. The highest BCUT2D eigenvalue weighted by Gasteiger charge is 2.31. The van der Waals surface area contributed by atoms with Crippen molar-refractivity contribution < 1.29 is 4.39 Å². The van der Waals surface area contributed by atoms with Crippen molar-refractivity contribution in [3.8, 4) is 5.69 Å². The van der Waals surface area contributed by atoms with Gasteiger partial charge in [-0.05, 0) is 54.9 Å². The molecular formula is C19H14FN5S. The molecule has 4 aromatic rings. The van der Waals surface area contributed by atoms with Crippen LogP contribution in [0.4, 0.5) is 4.39 Å². The molecule has 0 spiro atoms. The molecule has 1 aliphatic rings. The van der Waals surface area contributed by atoms with Crippen LogP contribution in [0.15, 0.2) is 65.0 Å². The molecule has 0 atom stereocenters. The fourth-order valence-corrected chi connectivity index (χ4v) is 3.86. The lowest BCUT2D eigenvalue weighted by Gasteiger charge is -2.10. The first-order chi connectivity index (χ1) is 12.8. The molecule has 0 bridgehead atoms. The first kappa shape index (κ1) is 15.5. The quantitative estimate of drug-likeness (QED) is 0.504. The summed E-state index contributed by atoms with van der Waals surface area (Å²) in [5.41, 5.74) is 1.73. The smallest absolute Gasteiger partial charge is 0.202 e. The number of hydrogen-bond acceptors (Lipinski definition) is 5. The van der Waals surface area contributed by atoms with Crippen molar-refractivity contribution in [2.24, 2.45) is 0 Å². The van der Waals surface area contributed by atoms with Gasteiger partial charge in [-0.2, -0.15) is 0 Å². The van der Waals surface area contributed by atoms with Crippen LogP contribution in [-0.4, -0.2) is 24.7 Å². The Morgan fingerprint density at radius 3 is 2.65 bits per heavy atom. The van der Waals surface area contributed by atoms with Crippen LogP contribution >= 0.6 is 11.8 Å². The molecule has 26 heavy (non-hydrogen) atoms. The van der Waals surface area contributed by atoms with E-state index in [1.807, 2.05) is 30.3 Å². The third kappa shape index (κ3) is 2.74. The molecule has 1 fully saturated rings. The van der Waals surface area contributed by atoms with Crippen LogP contribution in [0.1, 0.15) is 24.6 Å². The van der Waals surface area contributed by atoms with Crippen LogP contribution in [0.5, 0.6) is 0 Å². The lowest BCUT2D eigenvalue weighted by molar-refractivity contribution is 0.629. The predicted molar refractivity (Wildman–Crippen MR) is 97.0 cm³/mol. The van der Waals surface area contributed by atoms with Crippen LogP contribution in [0.2, 0.25) is 0 Å². The Labute approximate surface area is 153 Å². The summed E-state index contributed by atoms with van der Waals surface area (Å²) < 4.78 is 15.8. The molecule has 1 saturated carbocycles. The van der Waals surface area contributed by atoms with Gasteiger partial charge in [0.15, 0.2) is 0 Å². The minimum atomic E-state index is -0.308. The number of para-hydroxylation sites is 1. The summed E-state index contributed by atoms with van der Waals surface area (Å²) in [4.78, 5) is 8.57. The highest BCUT2D eigenvalue weighted by atomic mass is 32.2. The minimum Gasteiger partial charge on any atom is -0.273 e. The lowest BCUT2D eigenvalue weighted by Crippen LogP contribution is -2.01. The second-order valence-corrected chi connectivity index (χ2v) is 7.18. The normalized spacial score (nSPS) is 14.0. The van der Waals surface area contributed by atoms with Crippen LogP contribution in [0.3, 0.4) is 0 Å². The number of fused-ring (bicyclic) bond motifs is 1. The van der Waals surface area contributed by atoms with Crippen molar-refractivity contribution in [2.45, 2.75) is 28.9 Å². The molecule has 0 saturated heterocycles. The maximum Gasteiger partial charge on any atom is 0.202 e. The van der Waals surface area contributed by atoms with Crippen LogP contribution < -0.4 is 0 Å². The van der Waals surface area contributed by atoms with Gasteiger partial charge in [0, 0.05) is 17.0 Å².